The first-order valence-electron chi connectivity index (χ1n) is 5.66. The molecule has 3 aliphatic rings. The Morgan fingerprint density at radius 3 is 2.25 bits per heavy atom. The number of benzene rings is 1. The van der Waals surface area contributed by atoms with Crippen molar-refractivity contribution in [1.29, 1.82) is 0 Å². The first-order valence-corrected chi connectivity index (χ1v) is 5.66. The molecule has 1 aromatic carbocycles. The average molecular weight is 220 g/mol. The van der Waals surface area contributed by atoms with Crippen LogP contribution in [0.2, 0.25) is 0 Å². The Morgan fingerprint density at radius 2 is 1.75 bits per heavy atom. The van der Waals surface area contributed by atoms with Crippen molar-refractivity contribution in [3.05, 3.63) is 35.4 Å². The summed E-state index contributed by atoms with van der Waals surface area (Å²) >= 11 is 0. The van der Waals surface area contributed by atoms with Gasteiger partial charge in [-0.1, -0.05) is 12.1 Å². The summed E-state index contributed by atoms with van der Waals surface area (Å²) in [7, 11) is 0. The molecule has 2 fully saturated rings. The summed E-state index contributed by atoms with van der Waals surface area (Å²) in [4.78, 5) is 1.25. The van der Waals surface area contributed by atoms with E-state index in [4.69, 9.17) is 9.47 Å². The summed E-state index contributed by atoms with van der Waals surface area (Å²) in [6.45, 7) is 1.31. The van der Waals surface area contributed by atoms with Crippen molar-refractivity contribution in [2.75, 3.05) is 19.8 Å². The SMILES string of the molecule is OCC12CO[C@@H]3c4ccccc4[C@H](OC1)[NH+]32. The molecule has 0 amide bonds. The van der Waals surface area contributed by atoms with Crippen LogP contribution in [0.25, 0.3) is 0 Å². The van der Waals surface area contributed by atoms with Gasteiger partial charge in [0, 0.05) is 0 Å². The monoisotopic (exact) mass is 220 g/mol. The Balaban J connectivity index is 1.88. The molecule has 1 aromatic rings. The summed E-state index contributed by atoms with van der Waals surface area (Å²) < 4.78 is 11.7. The lowest BCUT2D eigenvalue weighted by molar-refractivity contribution is -0.994. The van der Waals surface area contributed by atoms with E-state index in [2.05, 4.69) is 12.1 Å². The highest BCUT2D eigenvalue weighted by Crippen LogP contribution is 2.39. The van der Waals surface area contributed by atoms with Gasteiger partial charge in [0.2, 0.25) is 12.5 Å². The second kappa shape index (κ2) is 2.84. The summed E-state index contributed by atoms with van der Waals surface area (Å²) in [6, 6.07) is 8.26. The number of fused-ring (bicyclic) bond motifs is 3. The third-order valence-corrected chi connectivity index (χ3v) is 4.09. The van der Waals surface area contributed by atoms with Crippen LogP contribution in [-0.4, -0.2) is 30.5 Å². The molecule has 4 nitrogen and oxygen atoms in total. The van der Waals surface area contributed by atoms with Gasteiger partial charge in [0.25, 0.3) is 0 Å². The standard InChI is InChI=1S/C12H13NO3/c14-5-12-6-15-10-8-3-1-2-4-9(8)11(13(10)12)16-7-12/h1-4,10-11,14H,5-7H2/p+1/t10-,11+,12?. The number of hydrogen-bond donors (Lipinski definition) is 2. The highest BCUT2D eigenvalue weighted by Gasteiger charge is 2.65. The molecule has 4 atom stereocenters. The van der Waals surface area contributed by atoms with Gasteiger partial charge in [-0.25, -0.2) is 0 Å². The fourth-order valence-electron chi connectivity index (χ4n) is 3.25. The maximum Gasteiger partial charge on any atom is 0.222 e. The van der Waals surface area contributed by atoms with E-state index in [0.717, 1.165) is 0 Å². The summed E-state index contributed by atoms with van der Waals surface area (Å²) in [5, 5.41) is 9.59. The lowest BCUT2D eigenvalue weighted by Crippen LogP contribution is -3.16. The predicted molar refractivity (Wildman–Crippen MR) is 54.6 cm³/mol. The number of rotatable bonds is 1. The molecule has 0 aromatic heterocycles. The minimum absolute atomic E-state index is 0.0517. The van der Waals surface area contributed by atoms with Crippen LogP contribution < -0.4 is 4.90 Å². The lowest BCUT2D eigenvalue weighted by atomic mass is 10.0. The average Bonchev–Trinajstić information content (AvgIpc) is 2.96. The Hall–Kier alpha value is -0.940. The molecule has 4 heteroatoms. The van der Waals surface area contributed by atoms with Crippen molar-refractivity contribution < 1.29 is 19.5 Å². The maximum atomic E-state index is 9.59. The minimum Gasteiger partial charge on any atom is -0.390 e. The van der Waals surface area contributed by atoms with E-state index in [-0.39, 0.29) is 24.6 Å². The first-order chi connectivity index (χ1) is 7.86. The zero-order valence-corrected chi connectivity index (χ0v) is 8.85. The Bertz CT molecular complexity index is 413. The van der Waals surface area contributed by atoms with Crippen molar-refractivity contribution >= 4 is 0 Å². The smallest absolute Gasteiger partial charge is 0.222 e. The van der Waals surface area contributed by atoms with Gasteiger partial charge in [-0.2, -0.15) is 0 Å². The van der Waals surface area contributed by atoms with Crippen molar-refractivity contribution in [2.45, 2.75) is 18.0 Å². The second-order valence-electron chi connectivity index (χ2n) is 4.90. The third kappa shape index (κ3) is 0.858. The predicted octanol–water partition coefficient (Wildman–Crippen LogP) is -0.626. The van der Waals surface area contributed by atoms with E-state index >= 15 is 0 Å². The molecule has 2 saturated heterocycles. The van der Waals surface area contributed by atoms with E-state index in [1.54, 1.807) is 0 Å². The van der Waals surface area contributed by atoms with Crippen molar-refractivity contribution in [3.8, 4) is 0 Å². The number of aliphatic hydroxyl groups excluding tert-OH is 1. The van der Waals surface area contributed by atoms with Crippen LogP contribution in [0.5, 0.6) is 0 Å². The van der Waals surface area contributed by atoms with Crippen molar-refractivity contribution in [3.63, 3.8) is 0 Å². The highest BCUT2D eigenvalue weighted by atomic mass is 16.6. The van der Waals surface area contributed by atoms with Crippen LogP contribution >= 0.6 is 0 Å². The van der Waals surface area contributed by atoms with Gasteiger partial charge in [-0.3, -0.25) is 4.90 Å². The zero-order valence-electron chi connectivity index (χ0n) is 8.85. The van der Waals surface area contributed by atoms with E-state index in [9.17, 15) is 5.11 Å². The number of hydrogen-bond acceptors (Lipinski definition) is 3. The normalized spacial score (nSPS) is 43.4. The zero-order chi connectivity index (χ0) is 10.8. The maximum absolute atomic E-state index is 9.59. The van der Waals surface area contributed by atoms with E-state index in [0.29, 0.717) is 13.2 Å². The van der Waals surface area contributed by atoms with Gasteiger partial charge < -0.3 is 14.6 Å². The quantitative estimate of drug-likeness (QED) is 0.662. The van der Waals surface area contributed by atoms with Gasteiger partial charge in [-0.05, 0) is 12.1 Å². The van der Waals surface area contributed by atoms with E-state index in [1.165, 1.54) is 16.0 Å². The van der Waals surface area contributed by atoms with Gasteiger partial charge in [0.15, 0.2) is 5.54 Å². The highest BCUT2D eigenvalue weighted by molar-refractivity contribution is 5.33. The fourth-order valence-corrected chi connectivity index (χ4v) is 3.25. The van der Waals surface area contributed by atoms with Crippen LogP contribution in [0, 0.1) is 0 Å². The molecule has 3 aliphatic heterocycles. The third-order valence-electron chi connectivity index (χ3n) is 4.09. The molecule has 4 rings (SSSR count). The van der Waals surface area contributed by atoms with Crippen LogP contribution in [0.3, 0.4) is 0 Å². The summed E-state index contributed by atoms with van der Waals surface area (Å²) in [5.74, 6) is 0. The Kier molecular flexibility index (Phi) is 1.62. The summed E-state index contributed by atoms with van der Waals surface area (Å²) in [5.41, 5.74) is 2.20. The van der Waals surface area contributed by atoms with Gasteiger partial charge in [0.1, 0.15) is 19.8 Å². The molecular formula is C12H14NO3+. The Labute approximate surface area is 93.4 Å². The number of ether oxygens (including phenoxy) is 2. The molecule has 0 spiro atoms. The molecule has 2 unspecified atom stereocenters. The molecule has 84 valence electrons. The number of quaternary nitrogens is 1. The topological polar surface area (TPSA) is 43.1 Å². The first kappa shape index (κ1) is 9.13. The lowest BCUT2D eigenvalue weighted by Gasteiger charge is -2.23. The fraction of sp³-hybridized carbons (Fsp3) is 0.500. The minimum atomic E-state index is -0.242. The molecular weight excluding hydrogens is 206 g/mol. The van der Waals surface area contributed by atoms with E-state index < -0.39 is 0 Å². The van der Waals surface area contributed by atoms with Crippen LogP contribution in [0.15, 0.2) is 24.3 Å². The molecule has 0 bridgehead atoms. The Morgan fingerprint density at radius 1 is 1.19 bits per heavy atom. The molecule has 0 aliphatic carbocycles. The van der Waals surface area contributed by atoms with E-state index in [1.807, 2.05) is 12.1 Å². The molecule has 2 N–H and O–H groups in total. The van der Waals surface area contributed by atoms with Crippen LogP contribution in [0.1, 0.15) is 23.6 Å². The second-order valence-corrected chi connectivity index (χ2v) is 4.90. The largest absolute Gasteiger partial charge is 0.390 e. The number of aliphatic hydroxyl groups is 1. The number of nitrogens with one attached hydrogen (secondary N) is 1. The van der Waals surface area contributed by atoms with Crippen LogP contribution in [-0.2, 0) is 9.47 Å². The van der Waals surface area contributed by atoms with Gasteiger partial charge in [-0.15, -0.1) is 0 Å². The molecule has 3 heterocycles. The van der Waals surface area contributed by atoms with Crippen molar-refractivity contribution in [1.82, 2.24) is 0 Å². The summed E-state index contributed by atoms with van der Waals surface area (Å²) in [6.07, 6.45) is 0.103. The van der Waals surface area contributed by atoms with Gasteiger partial charge >= 0.3 is 0 Å². The van der Waals surface area contributed by atoms with Gasteiger partial charge in [0.05, 0.1) is 11.1 Å². The van der Waals surface area contributed by atoms with Crippen LogP contribution in [0.4, 0.5) is 0 Å². The molecule has 0 radical (unpaired) electrons. The molecule has 0 saturated carbocycles. The van der Waals surface area contributed by atoms with Crippen molar-refractivity contribution in [2.24, 2.45) is 0 Å². The molecule has 16 heavy (non-hydrogen) atoms.